The molecule has 0 radical (unpaired) electrons. The fraction of sp³-hybridized carbons (Fsp3) is 0.952. The average molecular weight is 1270 g/mol. The molecule has 0 aliphatic heterocycles. The largest absolute Gasteiger partial charge is 0.466 e. The Morgan fingerprint density at radius 1 is 0.300 bits per heavy atom. The molecule has 6 heteroatoms. The number of aliphatic hydroxyl groups is 2. The fourth-order valence-electron chi connectivity index (χ4n) is 13.7. The van der Waals surface area contributed by atoms with Gasteiger partial charge in [-0.3, -0.25) is 9.59 Å². The Balaban J connectivity index is 3.31. The summed E-state index contributed by atoms with van der Waals surface area (Å²) in [7, 11) is 0. The van der Waals surface area contributed by atoms with Gasteiger partial charge in [-0.05, 0) is 51.4 Å². The van der Waals surface area contributed by atoms with Crippen LogP contribution in [0.2, 0.25) is 0 Å². The predicted octanol–water partition coefficient (Wildman–Crippen LogP) is 27.8. The molecule has 2 unspecified atom stereocenters. The summed E-state index contributed by atoms with van der Waals surface area (Å²) in [6, 6.07) is -0.538. The number of aliphatic hydroxyl groups excluding tert-OH is 2. The van der Waals surface area contributed by atoms with Gasteiger partial charge in [0.25, 0.3) is 0 Å². The van der Waals surface area contributed by atoms with E-state index in [9.17, 15) is 19.8 Å². The summed E-state index contributed by atoms with van der Waals surface area (Å²) in [4.78, 5) is 24.7. The Bertz CT molecular complexity index is 1370. The van der Waals surface area contributed by atoms with Crippen LogP contribution >= 0.6 is 0 Å². The van der Waals surface area contributed by atoms with E-state index in [1.54, 1.807) is 0 Å². The molecule has 0 saturated carbocycles. The number of rotatable bonds is 80. The number of carbonyl (C=O) groups is 2. The maximum absolute atomic E-state index is 12.6. The van der Waals surface area contributed by atoms with Gasteiger partial charge in [-0.25, -0.2) is 0 Å². The molecule has 1 amide bonds. The first-order valence-electron chi connectivity index (χ1n) is 41.9. The first kappa shape index (κ1) is 88.6. The van der Waals surface area contributed by atoms with Gasteiger partial charge in [0.2, 0.25) is 5.91 Å². The van der Waals surface area contributed by atoms with Gasteiger partial charge in [0.1, 0.15) is 0 Å². The molecule has 0 aromatic carbocycles. The van der Waals surface area contributed by atoms with E-state index in [2.05, 4.69) is 31.3 Å². The summed E-state index contributed by atoms with van der Waals surface area (Å²) in [5.74, 6) is -0.00372. The molecule has 0 fully saturated rings. The monoisotopic (exact) mass is 1270 g/mol. The van der Waals surface area contributed by atoms with Crippen molar-refractivity contribution in [2.75, 3.05) is 13.2 Å². The van der Waals surface area contributed by atoms with E-state index in [1.807, 2.05) is 0 Å². The van der Waals surface area contributed by atoms with Crippen molar-refractivity contribution >= 4 is 11.9 Å². The van der Waals surface area contributed by atoms with Crippen LogP contribution in [-0.2, 0) is 14.3 Å². The fourth-order valence-corrected chi connectivity index (χ4v) is 13.7. The maximum Gasteiger partial charge on any atom is 0.305 e. The highest BCUT2D eigenvalue weighted by Gasteiger charge is 2.20. The summed E-state index contributed by atoms with van der Waals surface area (Å²) < 4.78 is 5.52. The lowest BCUT2D eigenvalue weighted by atomic mass is 10.0. The molecule has 0 heterocycles. The molecular formula is C84H165NO5. The van der Waals surface area contributed by atoms with Crippen molar-refractivity contribution in [2.45, 2.75) is 501 Å². The minimum absolute atomic E-state index is 0.0203. The second-order valence-electron chi connectivity index (χ2n) is 29.2. The zero-order valence-corrected chi connectivity index (χ0v) is 61.7. The SMILES string of the molecule is CCCCCCCCC/C=C\CCCCCCCCCC(=O)OCCCCCCCCCCCCCCCCCCCCCCCCCCCCCCCCCCCC(=O)NC(CO)C(O)CCCCCCCCCCCCCCCCCCCCCCCC. The van der Waals surface area contributed by atoms with E-state index in [0.29, 0.717) is 25.9 Å². The van der Waals surface area contributed by atoms with Crippen molar-refractivity contribution in [3.63, 3.8) is 0 Å². The number of carbonyl (C=O) groups excluding carboxylic acids is 2. The van der Waals surface area contributed by atoms with Crippen molar-refractivity contribution < 1.29 is 24.5 Å². The maximum atomic E-state index is 12.6. The van der Waals surface area contributed by atoms with E-state index in [-0.39, 0.29) is 18.5 Å². The lowest BCUT2D eigenvalue weighted by Crippen LogP contribution is -2.45. The smallest absolute Gasteiger partial charge is 0.305 e. The highest BCUT2D eigenvalue weighted by molar-refractivity contribution is 5.76. The van der Waals surface area contributed by atoms with Gasteiger partial charge in [0.15, 0.2) is 0 Å². The molecule has 0 bridgehead atoms. The van der Waals surface area contributed by atoms with Crippen LogP contribution in [0.3, 0.4) is 0 Å². The summed E-state index contributed by atoms with van der Waals surface area (Å²) in [6.45, 7) is 5.01. The van der Waals surface area contributed by atoms with Crippen LogP contribution in [0.25, 0.3) is 0 Å². The Morgan fingerprint density at radius 2 is 0.522 bits per heavy atom. The minimum Gasteiger partial charge on any atom is -0.466 e. The number of unbranched alkanes of at least 4 members (excludes halogenated alkanes) is 67. The summed E-state index contributed by atoms with van der Waals surface area (Å²) in [5.41, 5.74) is 0. The lowest BCUT2D eigenvalue weighted by Gasteiger charge is -2.22. The van der Waals surface area contributed by atoms with E-state index in [0.717, 1.165) is 38.5 Å². The highest BCUT2D eigenvalue weighted by Crippen LogP contribution is 2.21. The third kappa shape index (κ3) is 75.6. The van der Waals surface area contributed by atoms with Gasteiger partial charge >= 0.3 is 5.97 Å². The van der Waals surface area contributed by atoms with Gasteiger partial charge in [-0.1, -0.05) is 437 Å². The zero-order valence-electron chi connectivity index (χ0n) is 61.7. The Hall–Kier alpha value is -1.40. The van der Waals surface area contributed by atoms with Gasteiger partial charge in [0, 0.05) is 12.8 Å². The second kappa shape index (κ2) is 80.0. The molecule has 2 atom stereocenters. The van der Waals surface area contributed by atoms with Gasteiger partial charge in [-0.15, -0.1) is 0 Å². The number of esters is 1. The molecule has 90 heavy (non-hydrogen) atoms. The molecule has 0 aliphatic rings. The zero-order chi connectivity index (χ0) is 64.9. The van der Waals surface area contributed by atoms with Crippen LogP contribution in [0.1, 0.15) is 489 Å². The van der Waals surface area contributed by atoms with Crippen LogP contribution in [-0.4, -0.2) is 47.4 Å². The molecule has 536 valence electrons. The predicted molar refractivity (Wildman–Crippen MR) is 398 cm³/mol. The Morgan fingerprint density at radius 3 is 0.789 bits per heavy atom. The third-order valence-electron chi connectivity index (χ3n) is 20.1. The minimum atomic E-state index is -0.662. The Labute approximate surface area is 565 Å². The van der Waals surface area contributed by atoms with E-state index < -0.39 is 12.1 Å². The van der Waals surface area contributed by atoms with Crippen LogP contribution in [0.4, 0.5) is 0 Å². The molecule has 0 saturated heterocycles. The van der Waals surface area contributed by atoms with Crippen LogP contribution in [0.5, 0.6) is 0 Å². The number of hydrogen-bond acceptors (Lipinski definition) is 5. The third-order valence-corrected chi connectivity index (χ3v) is 20.1. The van der Waals surface area contributed by atoms with Crippen molar-refractivity contribution in [1.29, 1.82) is 0 Å². The number of nitrogens with one attached hydrogen (secondary N) is 1. The molecule has 0 spiro atoms. The van der Waals surface area contributed by atoms with Crippen LogP contribution in [0.15, 0.2) is 12.2 Å². The first-order chi connectivity index (χ1) is 44.5. The van der Waals surface area contributed by atoms with Crippen LogP contribution in [0, 0.1) is 0 Å². The van der Waals surface area contributed by atoms with Crippen molar-refractivity contribution in [1.82, 2.24) is 5.32 Å². The molecule has 6 nitrogen and oxygen atoms in total. The lowest BCUT2D eigenvalue weighted by molar-refractivity contribution is -0.143. The summed E-state index contributed by atoms with van der Waals surface area (Å²) >= 11 is 0. The second-order valence-corrected chi connectivity index (χ2v) is 29.2. The van der Waals surface area contributed by atoms with E-state index in [4.69, 9.17) is 4.74 Å². The summed E-state index contributed by atoms with van der Waals surface area (Å²) in [5, 5.41) is 23.5. The number of ether oxygens (including phenoxy) is 1. The van der Waals surface area contributed by atoms with Crippen molar-refractivity contribution in [3.8, 4) is 0 Å². The molecular weight excluding hydrogens is 1100 g/mol. The summed E-state index contributed by atoms with van der Waals surface area (Å²) in [6.07, 6.45) is 102. The van der Waals surface area contributed by atoms with Crippen molar-refractivity contribution in [2.24, 2.45) is 0 Å². The number of allylic oxidation sites excluding steroid dienone is 2. The van der Waals surface area contributed by atoms with E-state index in [1.165, 1.54) is 417 Å². The van der Waals surface area contributed by atoms with E-state index >= 15 is 0 Å². The van der Waals surface area contributed by atoms with Crippen LogP contribution < -0.4 is 5.32 Å². The molecule has 0 aromatic heterocycles. The average Bonchev–Trinajstić information content (AvgIpc) is 3.59. The van der Waals surface area contributed by atoms with Gasteiger partial charge < -0.3 is 20.3 Å². The molecule has 0 aliphatic carbocycles. The molecule has 0 aromatic rings. The normalized spacial score (nSPS) is 12.4. The topological polar surface area (TPSA) is 95.9 Å². The standard InChI is InChI=1S/C84H165NO5/c1-3-5-7-9-11-13-15-17-19-21-23-24-38-41-44-48-52-56-60-64-68-72-76-82(87)81(80-86)85-83(88)77-73-69-65-61-57-53-49-45-42-39-36-34-32-30-28-26-25-27-29-31-33-35-37-40-43-47-51-55-59-63-67-71-75-79-90-84(89)78-74-70-66-62-58-54-50-46-22-20-18-16-14-12-10-8-6-4-2/h20,22,81-82,86-87H,3-19,21,23-80H2,1-2H3,(H,85,88)/b22-20-. The Kier molecular flexibility index (Phi) is 78.8. The number of hydrogen-bond donors (Lipinski definition) is 3. The van der Waals surface area contributed by atoms with Crippen molar-refractivity contribution in [3.05, 3.63) is 12.2 Å². The van der Waals surface area contributed by atoms with Gasteiger partial charge in [0.05, 0.1) is 25.4 Å². The number of amides is 1. The van der Waals surface area contributed by atoms with Gasteiger partial charge in [-0.2, -0.15) is 0 Å². The highest BCUT2D eigenvalue weighted by atomic mass is 16.5. The first-order valence-corrected chi connectivity index (χ1v) is 41.9. The molecule has 3 N–H and O–H groups in total. The molecule has 0 rings (SSSR count). The quantitative estimate of drug-likeness (QED) is 0.0320.